The van der Waals surface area contributed by atoms with E-state index in [1.54, 1.807) is 27.7 Å². The largest absolute Gasteiger partial charge is 0.370 e. The first kappa shape index (κ1) is 28.2. The van der Waals surface area contributed by atoms with Gasteiger partial charge in [0.05, 0.1) is 0 Å². The van der Waals surface area contributed by atoms with Gasteiger partial charge in [-0.05, 0) is 39.0 Å². The van der Waals surface area contributed by atoms with Gasteiger partial charge in [-0.1, -0.05) is 33.6 Å². The van der Waals surface area contributed by atoms with Gasteiger partial charge in [0.15, 0.2) is 5.96 Å². The molecule has 0 aromatic carbocycles. The van der Waals surface area contributed by atoms with Crippen LogP contribution < -0.4 is 32.3 Å². The van der Waals surface area contributed by atoms with Crippen LogP contribution in [-0.4, -0.2) is 60.3 Å². The molecule has 0 radical (unpaired) electrons. The lowest BCUT2D eigenvalue weighted by Gasteiger charge is -2.33. The van der Waals surface area contributed by atoms with Gasteiger partial charge in [0, 0.05) is 19.0 Å². The number of hydrogen-bond donors (Lipinski definition) is 7. The number of hydrogen-bond acceptors (Lipinski definition) is 5. The predicted octanol–water partition coefficient (Wildman–Crippen LogP) is -0.150. The normalized spacial score (nSPS) is 25.3. The second-order valence-electron chi connectivity index (χ2n) is 9.06. The average Bonchev–Trinajstić information content (AvgIpc) is 2.74. The van der Waals surface area contributed by atoms with E-state index in [1.807, 2.05) is 0 Å². The molecule has 1 fully saturated rings. The molecule has 0 aromatic rings. The van der Waals surface area contributed by atoms with E-state index in [0.717, 1.165) is 12.8 Å². The molecule has 1 aliphatic heterocycles. The fourth-order valence-electron chi connectivity index (χ4n) is 3.51. The van der Waals surface area contributed by atoms with Gasteiger partial charge >= 0.3 is 0 Å². The fraction of sp³-hybridized carbons (Fsp3) is 0.773. The van der Waals surface area contributed by atoms with E-state index >= 15 is 0 Å². The summed E-state index contributed by atoms with van der Waals surface area (Å²) in [6, 6.07) is -1.62. The molecule has 33 heavy (non-hydrogen) atoms. The van der Waals surface area contributed by atoms with E-state index in [9.17, 15) is 19.2 Å². The number of carbonyl (C=O) groups is 4. The molecular formula is C22H41N7O4. The van der Waals surface area contributed by atoms with E-state index in [1.165, 1.54) is 0 Å². The van der Waals surface area contributed by atoms with Crippen molar-refractivity contribution in [2.75, 3.05) is 13.1 Å². The van der Waals surface area contributed by atoms with Crippen molar-refractivity contribution < 1.29 is 19.2 Å². The number of nitrogens with two attached hydrogens (primary N) is 1. The van der Waals surface area contributed by atoms with Crippen molar-refractivity contribution in [1.29, 1.82) is 5.41 Å². The number of amides is 4. The molecule has 0 aliphatic carbocycles. The van der Waals surface area contributed by atoms with Crippen molar-refractivity contribution in [1.82, 2.24) is 26.6 Å². The Morgan fingerprint density at radius 3 is 2.45 bits per heavy atom. The number of guanidine groups is 1. The van der Waals surface area contributed by atoms with Gasteiger partial charge in [0.1, 0.15) is 17.6 Å². The summed E-state index contributed by atoms with van der Waals surface area (Å²) in [6.45, 7) is 7.82. The van der Waals surface area contributed by atoms with Gasteiger partial charge in [0.25, 0.3) is 0 Å². The zero-order valence-corrected chi connectivity index (χ0v) is 20.3. The van der Waals surface area contributed by atoms with Crippen molar-refractivity contribution in [2.24, 2.45) is 11.7 Å². The van der Waals surface area contributed by atoms with Crippen molar-refractivity contribution in [2.45, 2.75) is 90.3 Å². The minimum Gasteiger partial charge on any atom is -0.370 e. The Balaban J connectivity index is 3.12. The number of rotatable bonds is 7. The summed E-state index contributed by atoms with van der Waals surface area (Å²) in [5.41, 5.74) is 4.13. The summed E-state index contributed by atoms with van der Waals surface area (Å²) in [5.74, 6) is -1.87. The van der Waals surface area contributed by atoms with Crippen LogP contribution in [0.1, 0.15) is 72.6 Å². The highest BCUT2D eigenvalue weighted by atomic mass is 16.2. The fourth-order valence-corrected chi connectivity index (χ4v) is 3.51. The number of nitrogens with one attached hydrogen (secondary N) is 6. The molecule has 0 saturated carbocycles. The van der Waals surface area contributed by atoms with Crippen LogP contribution in [0.4, 0.5) is 0 Å². The Kier molecular flexibility index (Phi) is 11.7. The van der Waals surface area contributed by atoms with Gasteiger partial charge < -0.3 is 32.3 Å². The van der Waals surface area contributed by atoms with Gasteiger partial charge in [-0.25, -0.2) is 0 Å². The Morgan fingerprint density at radius 1 is 1.15 bits per heavy atom. The Hall–Kier alpha value is -2.85. The smallest absolute Gasteiger partial charge is 0.246 e. The lowest BCUT2D eigenvalue weighted by atomic mass is 9.91. The first-order valence-corrected chi connectivity index (χ1v) is 11.8. The Labute approximate surface area is 196 Å². The molecule has 1 rings (SSSR count). The van der Waals surface area contributed by atoms with Gasteiger partial charge in [-0.2, -0.15) is 0 Å². The molecule has 0 aromatic heterocycles. The molecule has 1 aliphatic rings. The molecular weight excluding hydrogens is 426 g/mol. The monoisotopic (exact) mass is 467 g/mol. The maximum absolute atomic E-state index is 13.3. The van der Waals surface area contributed by atoms with Crippen LogP contribution in [0.5, 0.6) is 0 Å². The molecule has 0 spiro atoms. The highest BCUT2D eigenvalue weighted by Crippen LogP contribution is 2.18. The van der Waals surface area contributed by atoms with Crippen LogP contribution in [0.25, 0.3) is 0 Å². The molecule has 1 heterocycles. The molecule has 8 N–H and O–H groups in total. The Bertz CT molecular complexity index is 713. The lowest BCUT2D eigenvalue weighted by molar-refractivity contribution is -0.137. The average molecular weight is 468 g/mol. The first-order valence-electron chi connectivity index (χ1n) is 11.8. The van der Waals surface area contributed by atoms with E-state index in [4.69, 9.17) is 11.1 Å². The predicted molar refractivity (Wildman–Crippen MR) is 126 cm³/mol. The zero-order chi connectivity index (χ0) is 25.0. The molecule has 0 unspecified atom stereocenters. The van der Waals surface area contributed by atoms with Crippen molar-refractivity contribution in [3.8, 4) is 0 Å². The maximum atomic E-state index is 13.3. The van der Waals surface area contributed by atoms with Crippen LogP contribution >= 0.6 is 0 Å². The molecule has 0 bridgehead atoms. The van der Waals surface area contributed by atoms with Gasteiger partial charge in [-0.15, -0.1) is 0 Å². The standard InChI is InChI=1S/C22H41N7O4/c1-5-15-18(31)25-12-8-6-7-11-22(4,29-17(30)14(2)3)20(33)28-16(19(32)27-15)10-9-13-26-21(23)24/h14-16H,5-13H2,1-4H3,(H,25,31)(H,27,32)(H,28,33)(H,29,30)(H4,23,24,26)/t15-,16-,22+/m0/s1. The molecule has 11 heteroatoms. The van der Waals surface area contributed by atoms with Crippen molar-refractivity contribution in [3.05, 3.63) is 0 Å². The highest BCUT2D eigenvalue weighted by Gasteiger charge is 2.37. The van der Waals surface area contributed by atoms with E-state index in [2.05, 4.69) is 26.6 Å². The van der Waals surface area contributed by atoms with Crippen molar-refractivity contribution >= 4 is 29.6 Å². The molecule has 11 nitrogen and oxygen atoms in total. The third-order valence-electron chi connectivity index (χ3n) is 5.73. The summed E-state index contributed by atoms with van der Waals surface area (Å²) < 4.78 is 0. The molecule has 3 atom stereocenters. The Morgan fingerprint density at radius 2 is 1.85 bits per heavy atom. The molecule has 188 valence electrons. The highest BCUT2D eigenvalue weighted by molar-refractivity contribution is 5.96. The number of carbonyl (C=O) groups excluding carboxylic acids is 4. The van der Waals surface area contributed by atoms with Crippen LogP contribution in [-0.2, 0) is 19.2 Å². The summed E-state index contributed by atoms with van der Waals surface area (Å²) in [7, 11) is 0. The van der Waals surface area contributed by atoms with Crippen LogP contribution in [0.2, 0.25) is 0 Å². The summed E-state index contributed by atoms with van der Waals surface area (Å²) in [6.07, 6.45) is 3.73. The second kappa shape index (κ2) is 13.6. The minimum atomic E-state index is -1.17. The lowest BCUT2D eigenvalue weighted by Crippen LogP contribution is -2.62. The third kappa shape index (κ3) is 9.67. The first-order chi connectivity index (χ1) is 15.5. The topological polar surface area (TPSA) is 178 Å². The second-order valence-corrected chi connectivity index (χ2v) is 9.06. The van der Waals surface area contributed by atoms with E-state index in [-0.39, 0.29) is 30.1 Å². The van der Waals surface area contributed by atoms with E-state index in [0.29, 0.717) is 38.8 Å². The summed E-state index contributed by atoms with van der Waals surface area (Å²) >= 11 is 0. The van der Waals surface area contributed by atoms with Gasteiger partial charge in [0.2, 0.25) is 23.6 Å². The van der Waals surface area contributed by atoms with Crippen LogP contribution in [0.15, 0.2) is 0 Å². The van der Waals surface area contributed by atoms with Gasteiger partial charge in [-0.3, -0.25) is 24.6 Å². The van der Waals surface area contributed by atoms with Crippen LogP contribution in [0, 0.1) is 11.3 Å². The quantitative estimate of drug-likeness (QED) is 0.155. The maximum Gasteiger partial charge on any atom is 0.246 e. The summed E-state index contributed by atoms with van der Waals surface area (Å²) in [4.78, 5) is 51.2. The van der Waals surface area contributed by atoms with Crippen LogP contribution in [0.3, 0.4) is 0 Å². The zero-order valence-electron chi connectivity index (χ0n) is 20.3. The van der Waals surface area contributed by atoms with Crippen molar-refractivity contribution in [3.63, 3.8) is 0 Å². The third-order valence-corrected chi connectivity index (χ3v) is 5.73. The summed E-state index contributed by atoms with van der Waals surface area (Å²) in [5, 5.41) is 21.2. The SMILES string of the molecule is CC[C@@H]1NC(=O)[C@H](CCCNC(=N)N)NC(=O)[C@](C)(NC(=O)C(C)C)CCCCCNC1=O. The van der Waals surface area contributed by atoms with E-state index < -0.39 is 29.4 Å². The molecule has 4 amide bonds. The minimum absolute atomic E-state index is 0.179. The molecule has 1 saturated heterocycles.